The Balaban J connectivity index is 2.06. The Bertz CT molecular complexity index is 757. The monoisotopic (exact) mass is 335 g/mol. The lowest BCUT2D eigenvalue weighted by Gasteiger charge is -2.08. The van der Waals surface area contributed by atoms with E-state index < -0.39 is 0 Å². The minimum atomic E-state index is 0.539. The van der Waals surface area contributed by atoms with E-state index in [1.807, 2.05) is 24.4 Å². The molecule has 0 aliphatic rings. The molecular weight excluding hydrogens is 326 g/mol. The number of fused-ring (bicyclic) bond motifs is 1. The summed E-state index contributed by atoms with van der Waals surface area (Å²) in [5.41, 5.74) is 8.53. The smallest absolute Gasteiger partial charge is 0.240 e. The summed E-state index contributed by atoms with van der Waals surface area (Å²) in [6.07, 6.45) is 1.51. The van der Waals surface area contributed by atoms with Gasteiger partial charge in [0, 0.05) is 4.47 Å². The number of aryl methyl sites for hydroxylation is 1. The summed E-state index contributed by atoms with van der Waals surface area (Å²) in [7, 11) is 0. The molecule has 0 bridgehead atoms. The van der Waals surface area contributed by atoms with Crippen molar-refractivity contribution in [1.29, 1.82) is 0 Å². The molecule has 96 valence electrons. The highest BCUT2D eigenvalue weighted by Crippen LogP contribution is 2.35. The Hall–Kier alpha value is -1.66. The van der Waals surface area contributed by atoms with Gasteiger partial charge in [0.25, 0.3) is 0 Å². The Morgan fingerprint density at radius 2 is 2.16 bits per heavy atom. The lowest BCUT2D eigenvalue weighted by atomic mass is 10.3. The van der Waals surface area contributed by atoms with Crippen molar-refractivity contribution in [3.05, 3.63) is 39.9 Å². The van der Waals surface area contributed by atoms with E-state index in [-0.39, 0.29) is 0 Å². The molecule has 0 unspecified atom stereocenters. The van der Waals surface area contributed by atoms with Crippen LogP contribution in [0.3, 0.4) is 0 Å². The molecule has 1 aromatic carbocycles. The van der Waals surface area contributed by atoms with Gasteiger partial charge in [-0.1, -0.05) is 15.9 Å². The number of halogens is 1. The second-order valence-electron chi connectivity index (χ2n) is 4.06. The summed E-state index contributed by atoms with van der Waals surface area (Å²) < 4.78 is 7.65. The second-order valence-corrected chi connectivity index (χ2v) is 5.85. The van der Waals surface area contributed by atoms with Crippen molar-refractivity contribution in [2.45, 2.75) is 6.92 Å². The lowest BCUT2D eigenvalue weighted by Crippen LogP contribution is -1.94. The van der Waals surface area contributed by atoms with Crippen molar-refractivity contribution in [2.75, 3.05) is 5.73 Å². The van der Waals surface area contributed by atoms with E-state index >= 15 is 0 Å². The molecule has 2 heterocycles. The van der Waals surface area contributed by atoms with Gasteiger partial charge in [0.05, 0.1) is 11.2 Å². The molecule has 19 heavy (non-hydrogen) atoms. The Morgan fingerprint density at radius 1 is 1.32 bits per heavy atom. The maximum absolute atomic E-state index is 5.92. The summed E-state index contributed by atoms with van der Waals surface area (Å²) in [6, 6.07) is 5.49. The van der Waals surface area contributed by atoms with Crippen LogP contribution in [0, 0.1) is 6.92 Å². The van der Waals surface area contributed by atoms with Crippen LogP contribution in [0.4, 0.5) is 5.69 Å². The molecule has 0 atom stereocenters. The third-order valence-corrected chi connectivity index (χ3v) is 4.25. The molecule has 0 aliphatic carbocycles. The van der Waals surface area contributed by atoms with Gasteiger partial charge in [0.1, 0.15) is 11.0 Å². The number of nitrogen functional groups attached to an aromatic ring is 1. The zero-order valence-electron chi connectivity index (χ0n) is 10.1. The van der Waals surface area contributed by atoms with Crippen molar-refractivity contribution < 1.29 is 4.74 Å². The summed E-state index contributed by atoms with van der Waals surface area (Å²) in [5, 5.41) is 2.04. The molecule has 0 fully saturated rings. The third-order valence-electron chi connectivity index (χ3n) is 2.68. The summed E-state index contributed by atoms with van der Waals surface area (Å²) in [5.74, 6) is 1.13. The van der Waals surface area contributed by atoms with E-state index in [0.717, 1.165) is 20.3 Å². The maximum atomic E-state index is 5.92. The predicted octanol–water partition coefficient (Wildman–Crippen LogP) is 4.14. The van der Waals surface area contributed by atoms with Gasteiger partial charge in [-0.15, -0.1) is 11.3 Å². The summed E-state index contributed by atoms with van der Waals surface area (Å²) in [4.78, 5) is 8.45. The third kappa shape index (κ3) is 2.29. The number of thiophene rings is 1. The Labute approximate surface area is 122 Å². The van der Waals surface area contributed by atoms with E-state index in [9.17, 15) is 0 Å². The minimum Gasteiger partial charge on any atom is -0.435 e. The fraction of sp³-hybridized carbons (Fsp3) is 0.0769. The fourth-order valence-electron chi connectivity index (χ4n) is 1.74. The molecule has 2 aromatic heterocycles. The molecule has 4 nitrogen and oxygen atoms in total. The van der Waals surface area contributed by atoms with Crippen LogP contribution < -0.4 is 10.5 Å². The normalized spacial score (nSPS) is 10.8. The first-order chi connectivity index (χ1) is 9.15. The molecule has 0 saturated heterocycles. The highest BCUT2D eigenvalue weighted by Gasteiger charge is 2.11. The molecular formula is C13H10BrN3OS. The minimum absolute atomic E-state index is 0.539. The Morgan fingerprint density at radius 3 is 2.95 bits per heavy atom. The van der Waals surface area contributed by atoms with Crippen LogP contribution in [0.2, 0.25) is 0 Å². The highest BCUT2D eigenvalue weighted by atomic mass is 79.9. The van der Waals surface area contributed by atoms with Crippen molar-refractivity contribution in [2.24, 2.45) is 0 Å². The number of anilines is 1. The van der Waals surface area contributed by atoms with Gasteiger partial charge in [0.2, 0.25) is 5.88 Å². The zero-order chi connectivity index (χ0) is 13.4. The van der Waals surface area contributed by atoms with Gasteiger partial charge < -0.3 is 10.5 Å². The van der Waals surface area contributed by atoms with Gasteiger partial charge in [-0.2, -0.15) is 0 Å². The molecule has 0 radical (unpaired) electrons. The number of nitrogens with two attached hydrogens (primary N) is 1. The van der Waals surface area contributed by atoms with Crippen LogP contribution in [0.25, 0.3) is 10.2 Å². The number of rotatable bonds is 2. The first kappa shape index (κ1) is 12.4. The van der Waals surface area contributed by atoms with E-state index in [1.165, 1.54) is 6.33 Å². The zero-order valence-corrected chi connectivity index (χ0v) is 12.5. The second kappa shape index (κ2) is 4.79. The predicted molar refractivity (Wildman–Crippen MR) is 80.8 cm³/mol. The molecule has 2 N–H and O–H groups in total. The van der Waals surface area contributed by atoms with Gasteiger partial charge in [-0.05, 0) is 36.1 Å². The molecule has 3 rings (SSSR count). The number of aromatic nitrogens is 2. The van der Waals surface area contributed by atoms with Crippen LogP contribution in [0.1, 0.15) is 5.56 Å². The number of hydrogen-bond acceptors (Lipinski definition) is 5. The van der Waals surface area contributed by atoms with Crippen molar-refractivity contribution in [3.8, 4) is 11.6 Å². The average Bonchev–Trinajstić information content (AvgIpc) is 2.76. The highest BCUT2D eigenvalue weighted by molar-refractivity contribution is 9.10. The van der Waals surface area contributed by atoms with Gasteiger partial charge in [-0.3, -0.25) is 0 Å². The van der Waals surface area contributed by atoms with Gasteiger partial charge in [-0.25, -0.2) is 9.97 Å². The molecule has 6 heteroatoms. The fourth-order valence-corrected chi connectivity index (χ4v) is 3.04. The molecule has 0 saturated carbocycles. The van der Waals surface area contributed by atoms with Gasteiger partial charge >= 0.3 is 0 Å². The standard InChI is InChI=1S/C13H10BrN3OS/c1-7-5-19-12-11(7)16-6-17-13(12)18-10-3-2-8(14)4-9(10)15/h2-6H,15H2,1H3. The van der Waals surface area contributed by atoms with Crippen molar-refractivity contribution in [1.82, 2.24) is 9.97 Å². The molecule has 0 amide bonds. The first-order valence-electron chi connectivity index (χ1n) is 5.57. The SMILES string of the molecule is Cc1csc2c(Oc3ccc(Br)cc3N)ncnc12. The number of hydrogen-bond donors (Lipinski definition) is 1. The van der Waals surface area contributed by atoms with E-state index in [0.29, 0.717) is 17.3 Å². The lowest BCUT2D eigenvalue weighted by molar-refractivity contribution is 0.471. The number of ether oxygens (including phenoxy) is 1. The van der Waals surface area contributed by atoms with Crippen LogP contribution >= 0.6 is 27.3 Å². The van der Waals surface area contributed by atoms with E-state index in [2.05, 4.69) is 25.9 Å². The van der Waals surface area contributed by atoms with Crippen LogP contribution in [0.15, 0.2) is 34.4 Å². The summed E-state index contributed by atoms with van der Waals surface area (Å²) >= 11 is 4.93. The first-order valence-corrected chi connectivity index (χ1v) is 7.24. The summed E-state index contributed by atoms with van der Waals surface area (Å²) in [6.45, 7) is 2.02. The molecule has 0 aliphatic heterocycles. The average molecular weight is 336 g/mol. The molecule has 0 spiro atoms. The number of nitrogens with zero attached hydrogens (tertiary/aromatic N) is 2. The topological polar surface area (TPSA) is 61.0 Å². The Kier molecular flexibility index (Phi) is 3.12. The van der Waals surface area contributed by atoms with E-state index in [1.54, 1.807) is 17.4 Å². The van der Waals surface area contributed by atoms with Crippen LogP contribution in [0.5, 0.6) is 11.6 Å². The van der Waals surface area contributed by atoms with Crippen molar-refractivity contribution >= 4 is 43.2 Å². The van der Waals surface area contributed by atoms with Gasteiger partial charge in [0.15, 0.2) is 5.75 Å². The van der Waals surface area contributed by atoms with Crippen molar-refractivity contribution in [3.63, 3.8) is 0 Å². The van der Waals surface area contributed by atoms with E-state index in [4.69, 9.17) is 10.5 Å². The van der Waals surface area contributed by atoms with Crippen LogP contribution in [-0.4, -0.2) is 9.97 Å². The largest absolute Gasteiger partial charge is 0.435 e. The van der Waals surface area contributed by atoms with Crippen LogP contribution in [-0.2, 0) is 0 Å². The maximum Gasteiger partial charge on any atom is 0.240 e. The number of benzene rings is 1. The quantitative estimate of drug-likeness (QED) is 0.715. The molecule has 3 aromatic rings.